The van der Waals surface area contributed by atoms with Crippen LogP contribution in [0.15, 0.2) is 71.3 Å². The second kappa shape index (κ2) is 7.45. The van der Waals surface area contributed by atoms with Crippen LogP contribution in [-0.2, 0) is 20.9 Å². The third kappa shape index (κ3) is 3.74. The molecule has 4 rings (SSSR count). The van der Waals surface area contributed by atoms with Crippen LogP contribution in [0, 0.1) is 5.92 Å². The van der Waals surface area contributed by atoms with Crippen LogP contribution >= 0.6 is 0 Å². The van der Waals surface area contributed by atoms with Gasteiger partial charge >= 0.3 is 5.97 Å². The predicted molar refractivity (Wildman–Crippen MR) is 98.6 cm³/mol. The van der Waals surface area contributed by atoms with Crippen molar-refractivity contribution in [1.29, 1.82) is 0 Å². The summed E-state index contributed by atoms with van der Waals surface area (Å²) in [5, 5.41) is 3.94. The summed E-state index contributed by atoms with van der Waals surface area (Å²) in [6.07, 6.45) is 0.155. The summed E-state index contributed by atoms with van der Waals surface area (Å²) in [4.78, 5) is 26.2. The molecule has 1 aromatic heterocycles. The van der Waals surface area contributed by atoms with E-state index in [-0.39, 0.29) is 18.9 Å². The Morgan fingerprint density at radius 1 is 1.11 bits per heavy atom. The van der Waals surface area contributed by atoms with Crippen LogP contribution in [0.2, 0.25) is 0 Å². The maximum absolute atomic E-state index is 12.4. The van der Waals surface area contributed by atoms with Crippen molar-refractivity contribution in [2.24, 2.45) is 5.92 Å². The van der Waals surface area contributed by atoms with Crippen molar-refractivity contribution in [3.8, 4) is 11.3 Å². The Kier molecular flexibility index (Phi) is 4.70. The Morgan fingerprint density at radius 3 is 2.56 bits per heavy atom. The molecule has 0 aliphatic carbocycles. The first-order chi connectivity index (χ1) is 13.2. The number of amides is 1. The Bertz CT molecular complexity index is 937. The highest BCUT2D eigenvalue weighted by Crippen LogP contribution is 2.26. The summed E-state index contributed by atoms with van der Waals surface area (Å²) in [5.74, 6) is -0.326. The number of rotatable bonds is 5. The van der Waals surface area contributed by atoms with Gasteiger partial charge in [-0.25, -0.2) is 0 Å². The molecule has 136 valence electrons. The zero-order chi connectivity index (χ0) is 18.6. The summed E-state index contributed by atoms with van der Waals surface area (Å²) in [6, 6.07) is 20.6. The summed E-state index contributed by atoms with van der Waals surface area (Å²) in [5.41, 5.74) is 2.23. The molecule has 2 aromatic carbocycles. The van der Waals surface area contributed by atoms with Crippen molar-refractivity contribution < 1.29 is 18.8 Å². The van der Waals surface area contributed by atoms with Gasteiger partial charge in [-0.3, -0.25) is 9.59 Å². The van der Waals surface area contributed by atoms with Crippen molar-refractivity contribution in [2.75, 3.05) is 11.4 Å². The van der Waals surface area contributed by atoms with Crippen LogP contribution in [0.5, 0.6) is 0 Å². The minimum absolute atomic E-state index is 0.0190. The van der Waals surface area contributed by atoms with E-state index in [0.29, 0.717) is 18.0 Å². The summed E-state index contributed by atoms with van der Waals surface area (Å²) in [7, 11) is 0. The fourth-order valence-corrected chi connectivity index (χ4v) is 3.10. The number of aromatic nitrogens is 1. The lowest BCUT2D eigenvalue weighted by atomic mass is 10.1. The highest BCUT2D eigenvalue weighted by molar-refractivity contribution is 5.99. The number of benzene rings is 2. The molecule has 1 aliphatic rings. The number of anilines is 1. The number of ether oxygens (including phenoxy) is 1. The summed E-state index contributed by atoms with van der Waals surface area (Å²) >= 11 is 0. The predicted octanol–water partition coefficient (Wildman–Crippen LogP) is 3.44. The molecule has 0 spiro atoms. The average Bonchev–Trinajstić information content (AvgIpc) is 3.34. The van der Waals surface area contributed by atoms with Gasteiger partial charge in [0.1, 0.15) is 12.3 Å². The van der Waals surface area contributed by atoms with Gasteiger partial charge in [-0.1, -0.05) is 53.7 Å². The second-order valence-electron chi connectivity index (χ2n) is 6.40. The van der Waals surface area contributed by atoms with Gasteiger partial charge in [0.15, 0.2) is 5.76 Å². The zero-order valence-corrected chi connectivity index (χ0v) is 14.6. The van der Waals surface area contributed by atoms with E-state index in [4.69, 9.17) is 9.26 Å². The lowest BCUT2D eigenvalue weighted by molar-refractivity contribution is -0.149. The lowest BCUT2D eigenvalue weighted by Gasteiger charge is -2.16. The molecular formula is C21H18N2O4. The SMILES string of the molecule is O=C(OCc1cc(-c2ccccc2)on1)C1CC(=O)N(c2ccccc2)C1. The van der Waals surface area contributed by atoms with Crippen molar-refractivity contribution in [3.63, 3.8) is 0 Å². The largest absolute Gasteiger partial charge is 0.459 e. The number of para-hydroxylation sites is 1. The van der Waals surface area contributed by atoms with Crippen LogP contribution in [0.3, 0.4) is 0 Å². The van der Waals surface area contributed by atoms with Crippen molar-refractivity contribution in [1.82, 2.24) is 5.16 Å². The van der Waals surface area contributed by atoms with Crippen molar-refractivity contribution >= 4 is 17.6 Å². The Labute approximate surface area is 156 Å². The van der Waals surface area contributed by atoms with E-state index >= 15 is 0 Å². The molecule has 0 N–H and O–H groups in total. The Balaban J connectivity index is 1.35. The first kappa shape index (κ1) is 17.0. The molecule has 1 aliphatic heterocycles. The van der Waals surface area contributed by atoms with Crippen LogP contribution in [0.25, 0.3) is 11.3 Å². The van der Waals surface area contributed by atoms with Crippen molar-refractivity contribution in [3.05, 3.63) is 72.4 Å². The van der Waals surface area contributed by atoms with Gasteiger partial charge < -0.3 is 14.2 Å². The number of hydrogen-bond acceptors (Lipinski definition) is 5. The quantitative estimate of drug-likeness (QED) is 0.650. The van der Waals surface area contributed by atoms with Crippen LogP contribution in [-0.4, -0.2) is 23.6 Å². The fraction of sp³-hybridized carbons (Fsp3) is 0.190. The number of hydrogen-bond donors (Lipinski definition) is 0. The van der Waals surface area contributed by atoms with Gasteiger partial charge in [-0.2, -0.15) is 0 Å². The van der Waals surface area contributed by atoms with E-state index in [0.717, 1.165) is 11.3 Å². The van der Waals surface area contributed by atoms with Crippen LogP contribution in [0.1, 0.15) is 12.1 Å². The first-order valence-electron chi connectivity index (χ1n) is 8.74. The van der Waals surface area contributed by atoms with Gasteiger partial charge in [0.2, 0.25) is 5.91 Å². The lowest BCUT2D eigenvalue weighted by Crippen LogP contribution is -2.26. The van der Waals surface area contributed by atoms with Gasteiger partial charge in [0.05, 0.1) is 5.92 Å². The summed E-state index contributed by atoms with van der Waals surface area (Å²) in [6.45, 7) is 0.348. The number of carbonyl (C=O) groups is 2. The molecule has 6 nitrogen and oxygen atoms in total. The minimum Gasteiger partial charge on any atom is -0.459 e. The molecule has 27 heavy (non-hydrogen) atoms. The van der Waals surface area contributed by atoms with Crippen LogP contribution < -0.4 is 4.90 Å². The average molecular weight is 362 g/mol. The van der Waals surface area contributed by atoms with Crippen LogP contribution in [0.4, 0.5) is 5.69 Å². The van der Waals surface area contributed by atoms with E-state index in [2.05, 4.69) is 5.16 Å². The molecule has 3 aromatic rings. The molecular weight excluding hydrogens is 344 g/mol. The van der Waals surface area contributed by atoms with Gasteiger partial charge in [0.25, 0.3) is 0 Å². The molecule has 1 saturated heterocycles. The molecule has 1 fully saturated rings. The minimum atomic E-state index is -0.474. The maximum Gasteiger partial charge on any atom is 0.311 e. The van der Waals surface area contributed by atoms with Crippen molar-refractivity contribution in [2.45, 2.75) is 13.0 Å². The highest BCUT2D eigenvalue weighted by atomic mass is 16.5. The third-order valence-electron chi connectivity index (χ3n) is 4.51. The third-order valence-corrected chi connectivity index (χ3v) is 4.51. The second-order valence-corrected chi connectivity index (χ2v) is 6.40. The molecule has 1 unspecified atom stereocenters. The van der Waals surface area contributed by atoms with E-state index < -0.39 is 11.9 Å². The van der Waals surface area contributed by atoms with Gasteiger partial charge in [-0.05, 0) is 12.1 Å². The number of nitrogens with zero attached hydrogens (tertiary/aromatic N) is 2. The van der Waals surface area contributed by atoms with Gasteiger partial charge in [0, 0.05) is 30.3 Å². The van der Waals surface area contributed by atoms with E-state index in [1.54, 1.807) is 11.0 Å². The zero-order valence-electron chi connectivity index (χ0n) is 14.6. The fourth-order valence-electron chi connectivity index (χ4n) is 3.10. The maximum atomic E-state index is 12.4. The van der Waals surface area contributed by atoms with E-state index in [1.807, 2.05) is 60.7 Å². The normalized spacial score (nSPS) is 16.5. The molecule has 0 bridgehead atoms. The molecule has 2 heterocycles. The topological polar surface area (TPSA) is 72.6 Å². The number of esters is 1. The molecule has 0 saturated carbocycles. The standard InChI is InChI=1S/C21H18N2O4/c24-20-11-16(13-23(20)18-9-5-2-6-10-18)21(25)26-14-17-12-19(27-22-17)15-7-3-1-4-8-15/h1-10,12,16H,11,13-14H2. The molecule has 1 atom stereocenters. The molecule has 6 heteroatoms. The van der Waals surface area contributed by atoms with Gasteiger partial charge in [-0.15, -0.1) is 0 Å². The Morgan fingerprint density at radius 2 is 1.81 bits per heavy atom. The van der Waals surface area contributed by atoms with E-state index in [9.17, 15) is 9.59 Å². The molecule has 0 radical (unpaired) electrons. The summed E-state index contributed by atoms with van der Waals surface area (Å²) < 4.78 is 10.7. The number of carbonyl (C=O) groups excluding carboxylic acids is 2. The first-order valence-corrected chi connectivity index (χ1v) is 8.74. The highest BCUT2D eigenvalue weighted by Gasteiger charge is 2.36. The smallest absolute Gasteiger partial charge is 0.311 e. The Hall–Kier alpha value is -3.41. The molecule has 1 amide bonds. The monoisotopic (exact) mass is 362 g/mol. The van der Waals surface area contributed by atoms with E-state index in [1.165, 1.54) is 0 Å².